The molecule has 0 bridgehead atoms. The molecule has 1 heterocycles. The van der Waals surface area contributed by atoms with E-state index in [-0.39, 0.29) is 12.1 Å². The Morgan fingerprint density at radius 2 is 2.00 bits per heavy atom. The summed E-state index contributed by atoms with van der Waals surface area (Å²) < 4.78 is 39.3. The van der Waals surface area contributed by atoms with Gasteiger partial charge in [-0.2, -0.15) is 13.2 Å². The third-order valence-corrected chi connectivity index (χ3v) is 4.00. The molecule has 0 atom stereocenters. The van der Waals surface area contributed by atoms with Crippen molar-refractivity contribution in [3.8, 4) is 0 Å². The normalized spacial score (nSPS) is 17.6. The smallest absolute Gasteiger partial charge is 0.317 e. The number of halogens is 3. The Bertz CT molecular complexity index is 541. The number of nitrogens with zero attached hydrogens (tertiary/aromatic N) is 2. The second kappa shape index (κ2) is 6.62. The minimum atomic E-state index is -4.59. The van der Waals surface area contributed by atoms with E-state index in [1.807, 2.05) is 11.9 Å². The predicted octanol–water partition coefficient (Wildman–Crippen LogP) is 2.80. The number of nitro benzene ring substituents is 1. The van der Waals surface area contributed by atoms with Gasteiger partial charge in [-0.1, -0.05) is 6.07 Å². The van der Waals surface area contributed by atoms with E-state index in [9.17, 15) is 23.3 Å². The molecule has 8 heteroatoms. The number of likely N-dealkylation sites (tertiary alicyclic amines) is 1. The van der Waals surface area contributed by atoms with Gasteiger partial charge in [-0.25, -0.2) is 0 Å². The standard InChI is InChI=1S/C14H18F3N3O2/c1-18-11-4-6-19(7-5-11)9-10-2-3-12(20(21)22)8-13(10)14(15,16)17/h2-3,8,11,18H,4-7,9H2,1H3. The van der Waals surface area contributed by atoms with E-state index in [1.54, 1.807) is 0 Å². The Balaban J connectivity index is 2.18. The van der Waals surface area contributed by atoms with E-state index >= 15 is 0 Å². The molecule has 1 aliphatic rings. The molecule has 0 aliphatic carbocycles. The molecule has 0 unspecified atom stereocenters. The highest BCUT2D eigenvalue weighted by atomic mass is 19.4. The van der Waals surface area contributed by atoms with Crippen LogP contribution in [0.3, 0.4) is 0 Å². The zero-order valence-electron chi connectivity index (χ0n) is 12.2. The lowest BCUT2D eigenvalue weighted by Crippen LogP contribution is -2.41. The summed E-state index contributed by atoms with van der Waals surface area (Å²) >= 11 is 0. The molecule has 122 valence electrons. The van der Waals surface area contributed by atoms with Crippen LogP contribution in [0.2, 0.25) is 0 Å². The first-order valence-corrected chi connectivity index (χ1v) is 7.05. The number of piperidine rings is 1. The molecule has 0 amide bonds. The Kier molecular flexibility index (Phi) is 5.02. The number of alkyl halides is 3. The molecule has 1 aliphatic heterocycles. The van der Waals surface area contributed by atoms with Gasteiger partial charge in [0.2, 0.25) is 0 Å². The maximum atomic E-state index is 13.1. The number of nitrogens with one attached hydrogen (secondary N) is 1. The van der Waals surface area contributed by atoms with Crippen LogP contribution in [0.5, 0.6) is 0 Å². The number of hydrogen-bond donors (Lipinski definition) is 1. The van der Waals surface area contributed by atoms with E-state index in [0.29, 0.717) is 25.2 Å². The number of nitro groups is 1. The molecule has 5 nitrogen and oxygen atoms in total. The van der Waals surface area contributed by atoms with Crippen LogP contribution in [-0.4, -0.2) is 36.0 Å². The summed E-state index contributed by atoms with van der Waals surface area (Å²) in [5, 5.41) is 13.8. The van der Waals surface area contributed by atoms with Crippen LogP contribution < -0.4 is 5.32 Å². The van der Waals surface area contributed by atoms with Crippen molar-refractivity contribution < 1.29 is 18.1 Å². The molecule has 1 saturated heterocycles. The lowest BCUT2D eigenvalue weighted by atomic mass is 10.0. The fourth-order valence-corrected chi connectivity index (χ4v) is 2.70. The number of hydrogen-bond acceptors (Lipinski definition) is 4. The predicted molar refractivity (Wildman–Crippen MR) is 75.5 cm³/mol. The van der Waals surface area contributed by atoms with Crippen LogP contribution in [0, 0.1) is 10.1 Å². The van der Waals surface area contributed by atoms with E-state index in [2.05, 4.69) is 5.32 Å². The minimum absolute atomic E-state index is 0.0843. The highest BCUT2D eigenvalue weighted by molar-refractivity contribution is 5.41. The average molecular weight is 317 g/mol. The van der Waals surface area contributed by atoms with E-state index in [1.165, 1.54) is 6.07 Å². The number of benzene rings is 1. The van der Waals surface area contributed by atoms with Crippen molar-refractivity contribution in [2.45, 2.75) is 31.6 Å². The zero-order chi connectivity index (χ0) is 16.3. The first-order chi connectivity index (χ1) is 10.3. The molecule has 0 spiro atoms. The monoisotopic (exact) mass is 317 g/mol. The fraction of sp³-hybridized carbons (Fsp3) is 0.571. The van der Waals surface area contributed by atoms with E-state index < -0.39 is 22.4 Å². The molecule has 1 N–H and O–H groups in total. The van der Waals surface area contributed by atoms with Gasteiger partial charge in [0.1, 0.15) is 0 Å². The third kappa shape index (κ3) is 3.95. The van der Waals surface area contributed by atoms with Crippen molar-refractivity contribution in [1.29, 1.82) is 0 Å². The van der Waals surface area contributed by atoms with E-state index in [4.69, 9.17) is 0 Å². The van der Waals surface area contributed by atoms with Crippen LogP contribution >= 0.6 is 0 Å². The van der Waals surface area contributed by atoms with Crippen molar-refractivity contribution in [1.82, 2.24) is 10.2 Å². The topological polar surface area (TPSA) is 58.4 Å². The molecule has 0 saturated carbocycles. The van der Waals surface area contributed by atoms with Gasteiger partial charge in [-0.15, -0.1) is 0 Å². The summed E-state index contributed by atoms with van der Waals surface area (Å²) in [6.45, 7) is 1.57. The summed E-state index contributed by atoms with van der Waals surface area (Å²) in [6.07, 6.45) is -2.83. The largest absolute Gasteiger partial charge is 0.416 e. The molecule has 1 aromatic carbocycles. The Morgan fingerprint density at radius 1 is 1.36 bits per heavy atom. The maximum Gasteiger partial charge on any atom is 0.416 e. The van der Waals surface area contributed by atoms with Gasteiger partial charge in [0.05, 0.1) is 10.5 Å². The van der Waals surface area contributed by atoms with Crippen LogP contribution in [-0.2, 0) is 12.7 Å². The second-order valence-electron chi connectivity index (χ2n) is 5.44. The van der Waals surface area contributed by atoms with Gasteiger partial charge < -0.3 is 5.32 Å². The van der Waals surface area contributed by atoms with Crippen LogP contribution in [0.1, 0.15) is 24.0 Å². The molecule has 0 aromatic heterocycles. The SMILES string of the molecule is CNC1CCN(Cc2ccc([N+](=O)[O-])cc2C(F)(F)F)CC1. The van der Waals surface area contributed by atoms with Gasteiger partial charge >= 0.3 is 6.18 Å². The Hall–Kier alpha value is -1.67. The van der Waals surface area contributed by atoms with Gasteiger partial charge in [0.25, 0.3) is 5.69 Å². The number of rotatable bonds is 4. The van der Waals surface area contributed by atoms with Crippen molar-refractivity contribution in [3.63, 3.8) is 0 Å². The molecule has 2 rings (SSSR count). The first kappa shape index (κ1) is 16.7. The molecule has 22 heavy (non-hydrogen) atoms. The third-order valence-electron chi connectivity index (χ3n) is 4.00. The van der Waals surface area contributed by atoms with Crippen molar-refractivity contribution in [3.05, 3.63) is 39.4 Å². The maximum absolute atomic E-state index is 13.1. The second-order valence-corrected chi connectivity index (χ2v) is 5.44. The van der Waals surface area contributed by atoms with Crippen molar-refractivity contribution >= 4 is 5.69 Å². The lowest BCUT2D eigenvalue weighted by Gasteiger charge is -2.32. The van der Waals surface area contributed by atoms with Gasteiger partial charge in [-0.3, -0.25) is 15.0 Å². The Morgan fingerprint density at radius 3 is 2.50 bits per heavy atom. The zero-order valence-corrected chi connectivity index (χ0v) is 12.2. The summed E-state index contributed by atoms with van der Waals surface area (Å²) in [7, 11) is 1.87. The Labute approximate surface area is 126 Å². The highest BCUT2D eigenvalue weighted by Crippen LogP contribution is 2.35. The quantitative estimate of drug-likeness (QED) is 0.685. The van der Waals surface area contributed by atoms with Crippen LogP contribution in [0.25, 0.3) is 0 Å². The molecular weight excluding hydrogens is 299 g/mol. The highest BCUT2D eigenvalue weighted by Gasteiger charge is 2.35. The average Bonchev–Trinajstić information content (AvgIpc) is 2.47. The van der Waals surface area contributed by atoms with Gasteiger partial charge in [0, 0.05) is 24.7 Å². The summed E-state index contributed by atoms with van der Waals surface area (Å²) in [5.41, 5.74) is -1.37. The van der Waals surface area contributed by atoms with Crippen LogP contribution in [0.15, 0.2) is 18.2 Å². The first-order valence-electron chi connectivity index (χ1n) is 7.05. The minimum Gasteiger partial charge on any atom is -0.317 e. The molecule has 1 aromatic rings. The summed E-state index contributed by atoms with van der Waals surface area (Å²) in [6, 6.07) is 3.36. The van der Waals surface area contributed by atoms with Gasteiger partial charge in [0.15, 0.2) is 0 Å². The van der Waals surface area contributed by atoms with Crippen LogP contribution in [0.4, 0.5) is 18.9 Å². The molecule has 0 radical (unpaired) electrons. The summed E-state index contributed by atoms with van der Waals surface area (Å²) in [4.78, 5) is 11.8. The molecular formula is C14H18F3N3O2. The fourth-order valence-electron chi connectivity index (χ4n) is 2.70. The molecule has 1 fully saturated rings. The van der Waals surface area contributed by atoms with Crippen molar-refractivity contribution in [2.24, 2.45) is 0 Å². The lowest BCUT2D eigenvalue weighted by molar-refractivity contribution is -0.385. The number of non-ortho nitro benzene ring substituents is 1. The summed E-state index contributed by atoms with van der Waals surface area (Å²) in [5.74, 6) is 0. The van der Waals surface area contributed by atoms with Crippen molar-refractivity contribution in [2.75, 3.05) is 20.1 Å². The van der Waals surface area contributed by atoms with Gasteiger partial charge in [-0.05, 0) is 38.5 Å². The van der Waals surface area contributed by atoms with E-state index in [0.717, 1.165) is 18.9 Å².